The van der Waals surface area contributed by atoms with Crippen molar-refractivity contribution in [1.82, 2.24) is 0 Å². The molecule has 0 aromatic rings. The fourth-order valence-corrected chi connectivity index (χ4v) is 0. The second kappa shape index (κ2) is 24.0. The molecule has 7 heteroatoms. The minimum absolute atomic E-state index is 0. The van der Waals surface area contributed by atoms with E-state index in [4.69, 9.17) is 9.59 Å². The molecular weight excluding hydrogens is 218 g/mol. The second-order valence-electron chi connectivity index (χ2n) is 0.403. The summed E-state index contributed by atoms with van der Waals surface area (Å²) in [6.07, 6.45) is 0. The molecule has 0 aromatic carbocycles. The first kappa shape index (κ1) is 16.1. The number of rotatable bonds is 2. The predicted molar refractivity (Wildman–Crippen MR) is 32.3 cm³/mol. The summed E-state index contributed by atoms with van der Waals surface area (Å²) in [6.45, 7) is 0.478. The van der Waals surface area contributed by atoms with Gasteiger partial charge in [0.2, 0.25) is 0 Å². The normalized spacial score (nSPS) is 4.67. The Kier molecular flexibility index (Phi) is 43.0. The summed E-state index contributed by atoms with van der Waals surface area (Å²) in [5, 5.41) is 0. The smallest absolute Gasteiger partial charge is 0.304 e. The molecule has 0 unspecified atom stereocenters. The molecule has 0 amide bonds. The van der Waals surface area contributed by atoms with Crippen LogP contribution in [-0.4, -0.2) is 12.9 Å². The molecule has 9 heavy (non-hydrogen) atoms. The van der Waals surface area contributed by atoms with Crippen molar-refractivity contribution in [3.05, 3.63) is 0 Å². The summed E-state index contributed by atoms with van der Waals surface area (Å²) in [7, 11) is 0. The molecule has 0 saturated carbocycles. The molecular formula is C2H4O4S2Zn. The summed E-state index contributed by atoms with van der Waals surface area (Å²) in [4.78, 5) is 17.8. The zero-order valence-corrected chi connectivity index (χ0v) is 9.15. The standard InChI is InChI=1S/2CH2O2S.Zn/c2*2-1-3-4;/h2*1,4H;. The first-order valence-electron chi connectivity index (χ1n) is 1.31. The van der Waals surface area contributed by atoms with Crippen LogP contribution in [0.2, 0.25) is 0 Å². The Morgan fingerprint density at radius 3 is 1.11 bits per heavy atom. The molecule has 0 saturated heterocycles. The van der Waals surface area contributed by atoms with Gasteiger partial charge in [-0.05, 0) is 0 Å². The fraction of sp³-hybridized carbons (Fsp3) is 0. The van der Waals surface area contributed by atoms with Crippen molar-refractivity contribution in [1.29, 1.82) is 0 Å². The van der Waals surface area contributed by atoms with Gasteiger partial charge in [-0.15, -0.1) is 0 Å². The van der Waals surface area contributed by atoms with E-state index in [0.29, 0.717) is 0 Å². The van der Waals surface area contributed by atoms with Crippen molar-refractivity contribution in [3.63, 3.8) is 0 Å². The molecule has 0 radical (unpaired) electrons. The quantitative estimate of drug-likeness (QED) is 0.298. The van der Waals surface area contributed by atoms with Crippen LogP contribution >= 0.6 is 25.8 Å². The van der Waals surface area contributed by atoms with Crippen molar-refractivity contribution in [2.24, 2.45) is 0 Å². The van der Waals surface area contributed by atoms with Gasteiger partial charge >= 0.3 is 12.9 Å². The van der Waals surface area contributed by atoms with Crippen molar-refractivity contribution >= 4 is 38.8 Å². The van der Waals surface area contributed by atoms with Gasteiger partial charge in [-0.25, -0.2) is 0 Å². The van der Waals surface area contributed by atoms with Crippen molar-refractivity contribution in [2.45, 2.75) is 0 Å². The summed E-state index contributed by atoms with van der Waals surface area (Å²) in [5.41, 5.74) is 0. The third-order valence-electron chi connectivity index (χ3n) is 0.0861. The monoisotopic (exact) mass is 220 g/mol. The predicted octanol–water partition coefficient (Wildman–Crippen LogP) is 0.00590. The van der Waals surface area contributed by atoms with E-state index in [9.17, 15) is 0 Å². The average molecular weight is 222 g/mol. The van der Waals surface area contributed by atoms with Crippen LogP contribution in [-0.2, 0) is 37.4 Å². The van der Waals surface area contributed by atoms with Crippen LogP contribution in [0.4, 0.5) is 0 Å². The first-order valence-corrected chi connectivity index (χ1v) is 2.04. The van der Waals surface area contributed by atoms with E-state index in [0.717, 1.165) is 0 Å². The topological polar surface area (TPSA) is 52.6 Å². The molecule has 4 nitrogen and oxygen atoms in total. The Morgan fingerprint density at radius 2 is 1.11 bits per heavy atom. The van der Waals surface area contributed by atoms with Crippen molar-refractivity contribution in [3.8, 4) is 0 Å². The molecule has 0 N–H and O–H groups in total. The summed E-state index contributed by atoms with van der Waals surface area (Å²) in [5.74, 6) is 0. The van der Waals surface area contributed by atoms with Gasteiger partial charge in [0, 0.05) is 45.3 Å². The van der Waals surface area contributed by atoms with Gasteiger partial charge < -0.3 is 8.37 Å². The molecule has 0 aliphatic rings. The third-order valence-corrected chi connectivity index (χ3v) is 0.258. The summed E-state index contributed by atoms with van der Waals surface area (Å²) >= 11 is 6.10. The SMILES string of the molecule is O=COS.O=COS.[Zn]. The number of carbonyl (C=O) groups excluding carboxylic acids is 2. The molecule has 0 aliphatic carbocycles. The molecule has 0 rings (SSSR count). The minimum Gasteiger partial charge on any atom is -0.397 e. The van der Waals surface area contributed by atoms with Crippen LogP contribution in [0.3, 0.4) is 0 Å². The molecule has 0 aliphatic heterocycles. The molecule has 0 aromatic heterocycles. The largest absolute Gasteiger partial charge is 0.397 e. The van der Waals surface area contributed by atoms with E-state index in [2.05, 4.69) is 34.2 Å². The van der Waals surface area contributed by atoms with Crippen LogP contribution in [0.15, 0.2) is 0 Å². The maximum absolute atomic E-state index is 8.88. The Hall–Kier alpha value is 0.263. The van der Waals surface area contributed by atoms with Crippen LogP contribution in [0.25, 0.3) is 0 Å². The van der Waals surface area contributed by atoms with Crippen LogP contribution in [0.1, 0.15) is 0 Å². The Morgan fingerprint density at radius 1 is 1.00 bits per heavy atom. The van der Waals surface area contributed by atoms with E-state index >= 15 is 0 Å². The first-order chi connectivity index (χ1) is 3.83. The van der Waals surface area contributed by atoms with Crippen molar-refractivity contribution < 1.29 is 37.4 Å². The van der Waals surface area contributed by atoms with E-state index < -0.39 is 0 Å². The number of hydrogen-bond donors (Lipinski definition) is 2. The molecule has 0 fully saturated rings. The molecule has 0 atom stereocenters. The van der Waals surface area contributed by atoms with Gasteiger partial charge in [-0.1, -0.05) is 0 Å². The van der Waals surface area contributed by atoms with Crippen LogP contribution in [0, 0.1) is 0 Å². The second-order valence-corrected chi connectivity index (χ2v) is 0.825. The third kappa shape index (κ3) is 63.3. The Labute approximate surface area is 76.3 Å². The maximum atomic E-state index is 8.88. The molecule has 0 bridgehead atoms. The summed E-state index contributed by atoms with van der Waals surface area (Å²) < 4.78 is 7.11. The Balaban J connectivity index is -0.0000000720. The zero-order chi connectivity index (χ0) is 6.83. The molecule has 0 heterocycles. The van der Waals surface area contributed by atoms with E-state index in [1.165, 1.54) is 0 Å². The van der Waals surface area contributed by atoms with Gasteiger partial charge in [0.1, 0.15) is 0 Å². The van der Waals surface area contributed by atoms with E-state index in [1.54, 1.807) is 0 Å². The fourth-order valence-electron chi connectivity index (χ4n) is 0. The van der Waals surface area contributed by atoms with Gasteiger partial charge in [0.15, 0.2) is 0 Å². The van der Waals surface area contributed by atoms with Gasteiger partial charge in [0.25, 0.3) is 0 Å². The number of hydrogen-bond acceptors (Lipinski definition) is 6. The number of thiol groups is 2. The van der Waals surface area contributed by atoms with Gasteiger partial charge in [-0.2, -0.15) is 0 Å². The average Bonchev–Trinajstić information content (AvgIpc) is 1.88. The maximum Gasteiger partial charge on any atom is 0.304 e. The Bertz CT molecular complexity index is 52.5. The van der Waals surface area contributed by atoms with Crippen molar-refractivity contribution in [2.75, 3.05) is 0 Å². The molecule has 50 valence electrons. The number of carbonyl (C=O) groups is 2. The van der Waals surface area contributed by atoms with Crippen LogP contribution in [0.5, 0.6) is 0 Å². The van der Waals surface area contributed by atoms with Crippen LogP contribution < -0.4 is 0 Å². The zero-order valence-electron chi connectivity index (χ0n) is 4.39. The van der Waals surface area contributed by atoms with Gasteiger partial charge in [-0.3, -0.25) is 9.59 Å². The van der Waals surface area contributed by atoms with E-state index in [1.807, 2.05) is 0 Å². The van der Waals surface area contributed by atoms with Gasteiger partial charge in [0.05, 0.1) is 0 Å². The molecule has 0 spiro atoms. The summed E-state index contributed by atoms with van der Waals surface area (Å²) in [6, 6.07) is 0. The van der Waals surface area contributed by atoms with E-state index in [-0.39, 0.29) is 32.4 Å². The minimum atomic E-state index is 0.